The van der Waals surface area contributed by atoms with Gasteiger partial charge in [-0.05, 0) is 52.6 Å². The van der Waals surface area contributed by atoms with Crippen LogP contribution in [-0.4, -0.2) is 23.7 Å². The number of rotatable bonds is 6. The van der Waals surface area contributed by atoms with Crippen molar-refractivity contribution < 1.29 is 0 Å². The Morgan fingerprint density at radius 1 is 0.340 bits per heavy atom. The maximum absolute atomic E-state index is 5.13. The monoisotopic (exact) mass is 695 g/mol. The summed E-state index contributed by atoms with van der Waals surface area (Å²) in [5, 5.41) is 3.27. The Kier molecular flexibility index (Phi) is 7.59. The molecule has 0 aliphatic heterocycles. The quantitative estimate of drug-likeness (QED) is 0.162. The fraction of sp³-hybridized carbons (Fsp3) is 0. The van der Waals surface area contributed by atoms with Crippen LogP contribution in [0.5, 0.6) is 0 Å². The summed E-state index contributed by atoms with van der Waals surface area (Å²) in [5.41, 5.74) is 14.1. The lowest BCUT2D eigenvalue weighted by Gasteiger charge is -2.12. The van der Waals surface area contributed by atoms with Gasteiger partial charge in [0.2, 0.25) is 0 Å². The molecule has 10 rings (SSSR count). The van der Waals surface area contributed by atoms with E-state index in [1.165, 1.54) is 11.7 Å². The highest BCUT2D eigenvalue weighted by molar-refractivity contribution is 7.00. The predicted molar refractivity (Wildman–Crippen MR) is 218 cm³/mol. The van der Waals surface area contributed by atoms with E-state index in [2.05, 4.69) is 148 Å². The summed E-state index contributed by atoms with van der Waals surface area (Å²) in [6.45, 7) is 0. The highest BCUT2D eigenvalue weighted by atomic mass is 32.1. The maximum atomic E-state index is 5.13. The zero-order valence-electron chi connectivity index (χ0n) is 28.4. The highest BCUT2D eigenvalue weighted by Gasteiger charge is 2.16. The molecule has 0 bridgehead atoms. The van der Waals surface area contributed by atoms with Gasteiger partial charge in [-0.2, -0.15) is 8.75 Å². The van der Waals surface area contributed by atoms with Crippen LogP contribution in [0.1, 0.15) is 0 Å². The van der Waals surface area contributed by atoms with Crippen molar-refractivity contribution in [3.05, 3.63) is 176 Å². The summed E-state index contributed by atoms with van der Waals surface area (Å²) in [7, 11) is 0. The molecular formula is C47H29N5S. The lowest BCUT2D eigenvalue weighted by Crippen LogP contribution is -1.96. The Morgan fingerprint density at radius 3 is 1.64 bits per heavy atom. The van der Waals surface area contributed by atoms with Crippen molar-refractivity contribution >= 4 is 44.4 Å². The SMILES string of the molecule is c1ccc(-c2cccc(-c3nc(-c4ccccc4)cc(-c4ccc(-c5ccc(-c6nc7ccccc7c7c6ccc6nsnc67)cc5)cc4)n3)c2)cc1. The standard InChI is InChI=1S/C47H29N5S/c1-3-10-30(11-4-1)36-14-9-15-37(28-36)47-49-42(33-12-5-2-6-13-33)29-43(50-47)34-22-18-31(19-23-34)32-20-24-35(25-21-32)45-39-26-27-41-46(52-53-51-41)44(39)38-16-7-8-17-40(38)48-45/h1-29H. The number of fused-ring (bicyclic) bond motifs is 5. The number of nitrogens with zero attached hydrogens (tertiary/aromatic N) is 5. The molecule has 0 radical (unpaired) electrons. The first-order valence-electron chi connectivity index (χ1n) is 17.5. The van der Waals surface area contributed by atoms with Crippen molar-refractivity contribution in [3.8, 4) is 67.4 Å². The molecule has 0 unspecified atom stereocenters. The molecule has 10 aromatic rings. The molecule has 53 heavy (non-hydrogen) atoms. The number of para-hydroxylation sites is 1. The van der Waals surface area contributed by atoms with E-state index in [4.69, 9.17) is 15.0 Å². The van der Waals surface area contributed by atoms with Crippen molar-refractivity contribution in [1.82, 2.24) is 23.7 Å². The molecule has 6 heteroatoms. The normalized spacial score (nSPS) is 11.4. The Bertz CT molecular complexity index is 2920. The van der Waals surface area contributed by atoms with Crippen molar-refractivity contribution in [2.45, 2.75) is 0 Å². The van der Waals surface area contributed by atoms with E-state index in [0.717, 1.165) is 94.3 Å². The molecule has 0 spiro atoms. The molecule has 0 atom stereocenters. The molecule has 5 nitrogen and oxygen atoms in total. The van der Waals surface area contributed by atoms with E-state index in [9.17, 15) is 0 Å². The van der Waals surface area contributed by atoms with Crippen LogP contribution in [0.15, 0.2) is 176 Å². The minimum absolute atomic E-state index is 0.695. The number of hydrogen-bond donors (Lipinski definition) is 0. The number of aromatic nitrogens is 5. The summed E-state index contributed by atoms with van der Waals surface area (Å²) in [4.78, 5) is 15.3. The van der Waals surface area contributed by atoms with E-state index < -0.39 is 0 Å². The first-order valence-corrected chi connectivity index (χ1v) is 18.2. The smallest absolute Gasteiger partial charge is 0.160 e. The van der Waals surface area contributed by atoms with Gasteiger partial charge in [-0.15, -0.1) is 0 Å². The van der Waals surface area contributed by atoms with Crippen LogP contribution >= 0.6 is 11.7 Å². The fourth-order valence-electron chi connectivity index (χ4n) is 7.11. The second-order valence-corrected chi connectivity index (χ2v) is 13.6. The average Bonchev–Trinajstić information content (AvgIpc) is 3.74. The van der Waals surface area contributed by atoms with E-state index in [-0.39, 0.29) is 0 Å². The highest BCUT2D eigenvalue weighted by Crippen LogP contribution is 2.37. The van der Waals surface area contributed by atoms with Crippen LogP contribution in [-0.2, 0) is 0 Å². The Balaban J connectivity index is 1.00. The molecule has 0 amide bonds. The summed E-state index contributed by atoms with van der Waals surface area (Å²) in [6.07, 6.45) is 0. The molecule has 0 saturated carbocycles. The van der Waals surface area contributed by atoms with Crippen LogP contribution in [0.4, 0.5) is 0 Å². The lowest BCUT2D eigenvalue weighted by atomic mass is 9.97. The predicted octanol–water partition coefficient (Wildman–Crippen LogP) is 12.2. The molecule has 0 saturated heterocycles. The summed E-state index contributed by atoms with van der Waals surface area (Å²) in [5.74, 6) is 0.695. The molecule has 248 valence electrons. The molecule has 0 N–H and O–H groups in total. The van der Waals surface area contributed by atoms with Gasteiger partial charge in [0.05, 0.1) is 34.3 Å². The van der Waals surface area contributed by atoms with Gasteiger partial charge in [0.1, 0.15) is 11.0 Å². The van der Waals surface area contributed by atoms with Crippen molar-refractivity contribution in [1.29, 1.82) is 0 Å². The molecule has 3 heterocycles. The Hall–Kier alpha value is -6.89. The molecule has 3 aromatic heterocycles. The molecule has 0 aliphatic carbocycles. The molecule has 0 aliphatic rings. The van der Waals surface area contributed by atoms with Crippen molar-refractivity contribution in [2.24, 2.45) is 0 Å². The van der Waals surface area contributed by atoms with Gasteiger partial charge in [0.15, 0.2) is 5.82 Å². The van der Waals surface area contributed by atoms with E-state index in [1.807, 2.05) is 36.4 Å². The van der Waals surface area contributed by atoms with Gasteiger partial charge < -0.3 is 0 Å². The Morgan fingerprint density at radius 2 is 0.906 bits per heavy atom. The van der Waals surface area contributed by atoms with E-state index >= 15 is 0 Å². The van der Waals surface area contributed by atoms with Crippen LogP contribution in [0.25, 0.3) is 100 Å². The number of hydrogen-bond acceptors (Lipinski definition) is 6. The summed E-state index contributed by atoms with van der Waals surface area (Å²) >= 11 is 1.25. The number of benzene rings is 7. The maximum Gasteiger partial charge on any atom is 0.160 e. The second kappa shape index (κ2) is 13.0. The zero-order chi connectivity index (χ0) is 35.1. The summed E-state index contributed by atoms with van der Waals surface area (Å²) < 4.78 is 9.17. The van der Waals surface area contributed by atoms with Crippen LogP contribution in [0.2, 0.25) is 0 Å². The first-order chi connectivity index (χ1) is 26.2. The van der Waals surface area contributed by atoms with E-state index in [0.29, 0.717) is 5.82 Å². The van der Waals surface area contributed by atoms with Gasteiger partial charge in [-0.3, -0.25) is 0 Å². The minimum Gasteiger partial charge on any atom is -0.247 e. The van der Waals surface area contributed by atoms with E-state index in [1.54, 1.807) is 0 Å². The lowest BCUT2D eigenvalue weighted by molar-refractivity contribution is 1.18. The van der Waals surface area contributed by atoms with Gasteiger partial charge in [0, 0.05) is 38.4 Å². The van der Waals surface area contributed by atoms with Gasteiger partial charge in [-0.1, -0.05) is 146 Å². The molecular weight excluding hydrogens is 667 g/mol. The van der Waals surface area contributed by atoms with Gasteiger partial charge >= 0.3 is 0 Å². The third-order valence-corrected chi connectivity index (χ3v) is 10.3. The topological polar surface area (TPSA) is 64.5 Å². The van der Waals surface area contributed by atoms with Crippen molar-refractivity contribution in [2.75, 3.05) is 0 Å². The zero-order valence-corrected chi connectivity index (χ0v) is 29.2. The fourth-order valence-corrected chi connectivity index (χ4v) is 7.65. The third-order valence-electron chi connectivity index (χ3n) is 9.78. The van der Waals surface area contributed by atoms with Crippen molar-refractivity contribution in [3.63, 3.8) is 0 Å². The largest absolute Gasteiger partial charge is 0.247 e. The van der Waals surface area contributed by atoms with Crippen LogP contribution in [0.3, 0.4) is 0 Å². The van der Waals surface area contributed by atoms with Crippen LogP contribution in [0, 0.1) is 0 Å². The minimum atomic E-state index is 0.695. The molecule has 7 aromatic carbocycles. The first kappa shape index (κ1) is 30.9. The second-order valence-electron chi connectivity index (χ2n) is 13.0. The van der Waals surface area contributed by atoms with Gasteiger partial charge in [-0.25, -0.2) is 15.0 Å². The summed E-state index contributed by atoms with van der Waals surface area (Å²) in [6, 6.07) is 61.0. The van der Waals surface area contributed by atoms with Crippen LogP contribution < -0.4 is 0 Å². The van der Waals surface area contributed by atoms with Gasteiger partial charge in [0.25, 0.3) is 0 Å². The third kappa shape index (κ3) is 5.72. The molecule has 0 fully saturated rings. The average molecular weight is 696 g/mol. The Labute approximate surface area is 310 Å². The number of pyridine rings is 1.